The summed E-state index contributed by atoms with van der Waals surface area (Å²) in [5.41, 5.74) is 1.58. The summed E-state index contributed by atoms with van der Waals surface area (Å²) in [6, 6.07) is 9.18. The Balaban J connectivity index is 1.44. The van der Waals surface area contributed by atoms with Crippen molar-refractivity contribution in [3.05, 3.63) is 29.8 Å². The minimum absolute atomic E-state index is 0.144. The van der Waals surface area contributed by atoms with Gasteiger partial charge in [0.25, 0.3) is 0 Å². The van der Waals surface area contributed by atoms with Crippen LogP contribution in [0.1, 0.15) is 43.6 Å². The Morgan fingerprint density at radius 1 is 1.15 bits per heavy atom. The summed E-state index contributed by atoms with van der Waals surface area (Å²) in [4.78, 5) is 0. The lowest BCUT2D eigenvalue weighted by Crippen LogP contribution is -2.52. The average Bonchev–Trinajstić information content (AvgIpc) is 2.40. The number of methoxy groups -OCH3 is 2. The summed E-state index contributed by atoms with van der Waals surface area (Å²) in [6.07, 6.45) is 6.23. The molecule has 1 N–H and O–H groups in total. The molecule has 0 spiro atoms. The maximum absolute atomic E-state index is 5.65. The molecular formula is C17H25NO2. The zero-order valence-electron chi connectivity index (χ0n) is 12.5. The summed E-state index contributed by atoms with van der Waals surface area (Å²) in [5.74, 6) is 1.65. The molecule has 2 aliphatic carbocycles. The zero-order valence-corrected chi connectivity index (χ0v) is 12.5. The van der Waals surface area contributed by atoms with Crippen LogP contribution in [0, 0.1) is 0 Å². The van der Waals surface area contributed by atoms with Crippen LogP contribution < -0.4 is 10.1 Å². The van der Waals surface area contributed by atoms with Gasteiger partial charge in [0.05, 0.1) is 12.7 Å². The third-order valence-electron chi connectivity index (χ3n) is 5.14. The molecule has 3 rings (SSSR count). The van der Waals surface area contributed by atoms with Gasteiger partial charge in [-0.3, -0.25) is 0 Å². The summed E-state index contributed by atoms with van der Waals surface area (Å²) in [5, 5.41) is 3.69. The van der Waals surface area contributed by atoms with Crippen LogP contribution in [0.5, 0.6) is 5.75 Å². The van der Waals surface area contributed by atoms with E-state index in [1.165, 1.54) is 37.7 Å². The molecule has 0 saturated heterocycles. The average molecular weight is 275 g/mol. The van der Waals surface area contributed by atoms with Crippen LogP contribution >= 0.6 is 0 Å². The van der Waals surface area contributed by atoms with Crippen molar-refractivity contribution in [1.29, 1.82) is 0 Å². The minimum atomic E-state index is 0.144. The number of rotatable bonds is 6. The van der Waals surface area contributed by atoms with Crippen LogP contribution in [0.25, 0.3) is 0 Å². The third kappa shape index (κ3) is 2.70. The van der Waals surface area contributed by atoms with Crippen LogP contribution in [0.3, 0.4) is 0 Å². The van der Waals surface area contributed by atoms with E-state index < -0.39 is 0 Å². The molecule has 110 valence electrons. The van der Waals surface area contributed by atoms with Crippen molar-refractivity contribution in [1.82, 2.24) is 5.32 Å². The molecule has 20 heavy (non-hydrogen) atoms. The van der Waals surface area contributed by atoms with Crippen molar-refractivity contribution < 1.29 is 9.47 Å². The van der Waals surface area contributed by atoms with E-state index in [0.717, 1.165) is 12.3 Å². The minimum Gasteiger partial charge on any atom is -0.497 e. The first-order valence-corrected chi connectivity index (χ1v) is 7.67. The molecule has 3 nitrogen and oxygen atoms in total. The van der Waals surface area contributed by atoms with Gasteiger partial charge in [0.2, 0.25) is 0 Å². The topological polar surface area (TPSA) is 30.5 Å². The second-order valence-corrected chi connectivity index (χ2v) is 6.26. The lowest BCUT2D eigenvalue weighted by atomic mass is 9.74. The lowest BCUT2D eigenvalue weighted by molar-refractivity contribution is -0.0724. The second-order valence-electron chi connectivity index (χ2n) is 6.26. The smallest absolute Gasteiger partial charge is 0.118 e. The van der Waals surface area contributed by atoms with Crippen molar-refractivity contribution in [2.75, 3.05) is 20.8 Å². The number of hydrogen-bond donors (Lipinski definition) is 1. The first-order valence-electron chi connectivity index (χ1n) is 7.67. The Bertz CT molecular complexity index is 427. The van der Waals surface area contributed by atoms with E-state index in [-0.39, 0.29) is 5.60 Å². The SMILES string of the molecule is COc1ccc(C2CC(NCC3(OC)CCC3)C2)cc1. The van der Waals surface area contributed by atoms with Gasteiger partial charge in [-0.15, -0.1) is 0 Å². The van der Waals surface area contributed by atoms with Crippen molar-refractivity contribution in [2.45, 2.75) is 49.7 Å². The molecule has 2 fully saturated rings. The molecule has 1 aromatic rings. The summed E-state index contributed by atoms with van der Waals surface area (Å²) >= 11 is 0. The van der Waals surface area contributed by atoms with Gasteiger partial charge in [-0.2, -0.15) is 0 Å². The molecular weight excluding hydrogens is 250 g/mol. The largest absolute Gasteiger partial charge is 0.497 e. The summed E-state index contributed by atoms with van der Waals surface area (Å²) < 4.78 is 10.9. The van der Waals surface area contributed by atoms with Crippen molar-refractivity contribution in [2.24, 2.45) is 0 Å². The van der Waals surface area contributed by atoms with Gasteiger partial charge in [0, 0.05) is 19.7 Å². The molecule has 0 radical (unpaired) electrons. The van der Waals surface area contributed by atoms with Crippen LogP contribution in [0.2, 0.25) is 0 Å². The third-order valence-corrected chi connectivity index (χ3v) is 5.14. The summed E-state index contributed by atoms with van der Waals surface area (Å²) in [6.45, 7) is 1.02. The molecule has 1 aromatic carbocycles. The maximum Gasteiger partial charge on any atom is 0.118 e. The Kier molecular flexibility index (Phi) is 3.99. The molecule has 2 aliphatic rings. The first kappa shape index (κ1) is 13.9. The van der Waals surface area contributed by atoms with E-state index >= 15 is 0 Å². The highest BCUT2D eigenvalue weighted by atomic mass is 16.5. The Morgan fingerprint density at radius 2 is 1.85 bits per heavy atom. The fourth-order valence-electron chi connectivity index (χ4n) is 3.29. The molecule has 0 aromatic heterocycles. The van der Waals surface area contributed by atoms with E-state index in [4.69, 9.17) is 9.47 Å². The quantitative estimate of drug-likeness (QED) is 0.865. The monoisotopic (exact) mass is 275 g/mol. The summed E-state index contributed by atoms with van der Waals surface area (Å²) in [7, 11) is 3.56. The highest BCUT2D eigenvalue weighted by Gasteiger charge is 2.38. The van der Waals surface area contributed by atoms with E-state index in [9.17, 15) is 0 Å². The van der Waals surface area contributed by atoms with Crippen LogP contribution in [-0.2, 0) is 4.74 Å². The predicted molar refractivity (Wildman–Crippen MR) is 80.4 cm³/mol. The van der Waals surface area contributed by atoms with Crippen molar-refractivity contribution in [3.8, 4) is 5.75 Å². The van der Waals surface area contributed by atoms with Gasteiger partial charge in [-0.1, -0.05) is 12.1 Å². The molecule has 0 amide bonds. The zero-order chi connectivity index (χ0) is 14.0. The molecule has 0 unspecified atom stereocenters. The van der Waals surface area contributed by atoms with Gasteiger partial charge >= 0.3 is 0 Å². The molecule has 0 bridgehead atoms. The Hall–Kier alpha value is -1.06. The Labute approximate surface area is 121 Å². The number of hydrogen-bond acceptors (Lipinski definition) is 3. The van der Waals surface area contributed by atoms with Gasteiger partial charge in [-0.25, -0.2) is 0 Å². The number of benzene rings is 1. The standard InChI is InChI=1S/C17H25NO2/c1-19-16-6-4-13(5-7-16)14-10-15(11-14)18-12-17(20-2)8-3-9-17/h4-7,14-15,18H,3,8-12H2,1-2H3. The fourth-order valence-corrected chi connectivity index (χ4v) is 3.29. The predicted octanol–water partition coefficient (Wildman–Crippen LogP) is 3.10. The van der Waals surface area contributed by atoms with Crippen LogP contribution in [-0.4, -0.2) is 32.4 Å². The van der Waals surface area contributed by atoms with Gasteiger partial charge in [0.1, 0.15) is 5.75 Å². The molecule has 0 aliphatic heterocycles. The normalized spacial score (nSPS) is 27.5. The second kappa shape index (κ2) is 5.74. The van der Waals surface area contributed by atoms with Gasteiger partial charge in [0.15, 0.2) is 0 Å². The van der Waals surface area contributed by atoms with Crippen molar-refractivity contribution in [3.63, 3.8) is 0 Å². The molecule has 2 saturated carbocycles. The van der Waals surface area contributed by atoms with E-state index in [2.05, 4.69) is 29.6 Å². The fraction of sp³-hybridized carbons (Fsp3) is 0.647. The molecule has 0 atom stereocenters. The first-order chi connectivity index (χ1) is 9.74. The highest BCUT2D eigenvalue weighted by Crippen LogP contribution is 2.39. The van der Waals surface area contributed by atoms with Gasteiger partial charge < -0.3 is 14.8 Å². The molecule has 0 heterocycles. The number of ether oxygens (including phenoxy) is 2. The van der Waals surface area contributed by atoms with Crippen LogP contribution in [0.15, 0.2) is 24.3 Å². The Morgan fingerprint density at radius 3 is 2.35 bits per heavy atom. The number of nitrogens with one attached hydrogen (secondary N) is 1. The van der Waals surface area contributed by atoms with E-state index in [1.807, 2.05) is 7.11 Å². The lowest BCUT2D eigenvalue weighted by Gasteiger charge is -2.44. The molecule has 3 heteroatoms. The highest BCUT2D eigenvalue weighted by molar-refractivity contribution is 5.30. The van der Waals surface area contributed by atoms with Crippen molar-refractivity contribution >= 4 is 0 Å². The van der Waals surface area contributed by atoms with Crippen LogP contribution in [0.4, 0.5) is 0 Å². The van der Waals surface area contributed by atoms with E-state index in [0.29, 0.717) is 12.0 Å². The van der Waals surface area contributed by atoms with E-state index in [1.54, 1.807) is 7.11 Å². The van der Waals surface area contributed by atoms with Gasteiger partial charge in [-0.05, 0) is 55.7 Å². The maximum atomic E-state index is 5.65.